The highest BCUT2D eigenvalue weighted by Crippen LogP contribution is 2.10. The lowest BCUT2D eigenvalue weighted by Gasteiger charge is -2.34. The molecule has 0 saturated carbocycles. The van der Waals surface area contributed by atoms with Crippen LogP contribution in [0.15, 0.2) is 54.6 Å². The Balaban J connectivity index is 1.35. The molecule has 0 bridgehead atoms. The first-order valence-corrected chi connectivity index (χ1v) is 9.81. The van der Waals surface area contributed by atoms with E-state index in [4.69, 9.17) is 0 Å². The molecule has 0 spiro atoms. The van der Waals surface area contributed by atoms with Crippen LogP contribution in [0.1, 0.15) is 11.1 Å². The van der Waals surface area contributed by atoms with E-state index in [-0.39, 0.29) is 5.91 Å². The summed E-state index contributed by atoms with van der Waals surface area (Å²) in [6.07, 6.45) is -0.505. The van der Waals surface area contributed by atoms with Crippen molar-refractivity contribution in [3.63, 3.8) is 0 Å². The number of carbonyl (C=O) groups is 2. The predicted molar refractivity (Wildman–Crippen MR) is 112 cm³/mol. The molecule has 3 rings (SSSR count). The summed E-state index contributed by atoms with van der Waals surface area (Å²) < 4.78 is 4.56. The van der Waals surface area contributed by atoms with E-state index in [0.717, 1.165) is 38.3 Å². The first-order valence-electron chi connectivity index (χ1n) is 9.81. The maximum atomic E-state index is 12.3. The smallest absolute Gasteiger partial charge is 0.411 e. The Bertz CT molecular complexity index is 787. The van der Waals surface area contributed by atoms with Crippen LogP contribution in [0.5, 0.6) is 0 Å². The van der Waals surface area contributed by atoms with Crippen molar-refractivity contribution in [1.29, 1.82) is 0 Å². The molecule has 154 valence electrons. The van der Waals surface area contributed by atoms with Crippen LogP contribution in [-0.2, 0) is 22.6 Å². The lowest BCUT2D eigenvalue weighted by Crippen LogP contribution is -2.49. The number of ether oxygens (including phenoxy) is 1. The second-order valence-electron chi connectivity index (χ2n) is 7.13. The molecule has 0 aromatic heterocycles. The topological polar surface area (TPSA) is 73.9 Å². The van der Waals surface area contributed by atoms with E-state index in [1.165, 1.54) is 12.7 Å². The highest BCUT2D eigenvalue weighted by molar-refractivity contribution is 5.84. The van der Waals surface area contributed by atoms with Crippen molar-refractivity contribution >= 4 is 17.7 Å². The number of nitrogens with one attached hydrogen (secondary N) is 2. The van der Waals surface area contributed by atoms with E-state index in [2.05, 4.69) is 49.4 Å². The van der Waals surface area contributed by atoms with Crippen LogP contribution >= 0.6 is 0 Å². The maximum Gasteiger partial charge on any atom is 0.411 e. The van der Waals surface area contributed by atoms with Gasteiger partial charge in [0.15, 0.2) is 0 Å². The molecule has 29 heavy (non-hydrogen) atoms. The minimum Gasteiger partial charge on any atom is -0.453 e. The van der Waals surface area contributed by atoms with Gasteiger partial charge in [0.1, 0.15) is 0 Å². The Labute approximate surface area is 171 Å². The van der Waals surface area contributed by atoms with Gasteiger partial charge in [-0.1, -0.05) is 42.5 Å². The van der Waals surface area contributed by atoms with Gasteiger partial charge in [-0.3, -0.25) is 19.9 Å². The van der Waals surface area contributed by atoms with Crippen LogP contribution in [-0.4, -0.2) is 61.6 Å². The average Bonchev–Trinajstić information content (AvgIpc) is 2.75. The van der Waals surface area contributed by atoms with Crippen molar-refractivity contribution in [3.8, 4) is 0 Å². The molecular formula is C22H28N4O3. The van der Waals surface area contributed by atoms with Gasteiger partial charge in [0.05, 0.1) is 13.7 Å². The molecule has 2 aromatic rings. The van der Waals surface area contributed by atoms with Crippen LogP contribution < -0.4 is 10.6 Å². The number of methoxy groups -OCH3 is 1. The number of carbonyl (C=O) groups excluding carboxylic acids is 2. The van der Waals surface area contributed by atoms with Crippen molar-refractivity contribution in [1.82, 2.24) is 15.1 Å². The molecule has 0 atom stereocenters. The predicted octanol–water partition coefficient (Wildman–Crippen LogP) is 2.30. The van der Waals surface area contributed by atoms with E-state index < -0.39 is 6.09 Å². The summed E-state index contributed by atoms with van der Waals surface area (Å²) in [7, 11) is 1.32. The van der Waals surface area contributed by atoms with Crippen LogP contribution in [0.25, 0.3) is 0 Å². The van der Waals surface area contributed by atoms with Gasteiger partial charge < -0.3 is 10.1 Å². The molecule has 1 aliphatic heterocycles. The number of piperazine rings is 1. The van der Waals surface area contributed by atoms with Crippen molar-refractivity contribution in [2.24, 2.45) is 0 Å². The summed E-state index contributed by atoms with van der Waals surface area (Å²) in [4.78, 5) is 28.1. The van der Waals surface area contributed by atoms with Crippen LogP contribution in [0, 0.1) is 0 Å². The summed E-state index contributed by atoms with van der Waals surface area (Å²) in [5.74, 6) is 0.0262. The average molecular weight is 396 g/mol. The van der Waals surface area contributed by atoms with Crippen LogP contribution in [0.2, 0.25) is 0 Å². The second-order valence-corrected chi connectivity index (χ2v) is 7.13. The Kier molecular flexibility index (Phi) is 7.61. The molecule has 2 N–H and O–H groups in total. The molecule has 7 heteroatoms. The zero-order valence-electron chi connectivity index (χ0n) is 16.8. The van der Waals surface area contributed by atoms with E-state index in [9.17, 15) is 9.59 Å². The fraction of sp³-hybridized carbons (Fsp3) is 0.364. The third-order valence-electron chi connectivity index (χ3n) is 4.96. The lowest BCUT2D eigenvalue weighted by molar-refractivity contribution is -0.122. The highest BCUT2D eigenvalue weighted by Gasteiger charge is 2.18. The molecule has 1 heterocycles. The number of rotatable bonds is 7. The van der Waals surface area contributed by atoms with Crippen LogP contribution in [0.3, 0.4) is 0 Å². The molecule has 1 saturated heterocycles. The van der Waals surface area contributed by atoms with E-state index >= 15 is 0 Å². The normalized spacial score (nSPS) is 14.9. The molecule has 0 aliphatic carbocycles. The van der Waals surface area contributed by atoms with Gasteiger partial charge in [-0.25, -0.2) is 4.79 Å². The van der Waals surface area contributed by atoms with E-state index in [1.807, 2.05) is 18.2 Å². The third-order valence-corrected chi connectivity index (χ3v) is 4.96. The Morgan fingerprint density at radius 1 is 0.897 bits per heavy atom. The number of amides is 2. The van der Waals surface area contributed by atoms with Gasteiger partial charge in [-0.05, 0) is 23.3 Å². The Hall–Kier alpha value is -2.90. The summed E-state index contributed by atoms with van der Waals surface area (Å²) in [5, 5.41) is 5.56. The number of benzene rings is 2. The standard InChI is InChI=1S/C22H28N4O3/c1-29-22(28)24-20-9-7-18(8-10-20)15-23-21(27)17-26-13-11-25(12-14-26)16-19-5-3-2-4-6-19/h2-10H,11-17H2,1H3,(H,23,27)(H,24,28). The van der Waals surface area contributed by atoms with Crippen molar-refractivity contribution in [3.05, 3.63) is 65.7 Å². The van der Waals surface area contributed by atoms with Gasteiger partial charge in [0.25, 0.3) is 0 Å². The molecule has 2 aromatic carbocycles. The van der Waals surface area contributed by atoms with Crippen LogP contribution in [0.4, 0.5) is 10.5 Å². The SMILES string of the molecule is COC(=O)Nc1ccc(CNC(=O)CN2CCN(Cc3ccccc3)CC2)cc1. The second kappa shape index (κ2) is 10.6. The number of nitrogens with zero attached hydrogens (tertiary/aromatic N) is 2. The van der Waals surface area contributed by atoms with Crippen molar-refractivity contribution < 1.29 is 14.3 Å². The van der Waals surface area contributed by atoms with Crippen molar-refractivity contribution in [2.45, 2.75) is 13.1 Å². The molecule has 1 fully saturated rings. The molecule has 7 nitrogen and oxygen atoms in total. The van der Waals surface area contributed by atoms with Gasteiger partial charge in [0.2, 0.25) is 5.91 Å². The van der Waals surface area contributed by atoms with E-state index in [0.29, 0.717) is 18.8 Å². The van der Waals surface area contributed by atoms with Gasteiger partial charge >= 0.3 is 6.09 Å². The number of hydrogen-bond donors (Lipinski definition) is 2. The van der Waals surface area contributed by atoms with Gasteiger partial charge in [-0.15, -0.1) is 0 Å². The first-order chi connectivity index (χ1) is 14.1. The third kappa shape index (κ3) is 6.89. The Morgan fingerprint density at radius 2 is 1.55 bits per heavy atom. The summed E-state index contributed by atoms with van der Waals surface area (Å²) in [6, 6.07) is 17.8. The molecule has 1 aliphatic rings. The minimum atomic E-state index is -0.505. The molecule has 0 unspecified atom stereocenters. The fourth-order valence-electron chi connectivity index (χ4n) is 3.28. The summed E-state index contributed by atoms with van der Waals surface area (Å²) in [6.45, 7) is 5.57. The summed E-state index contributed by atoms with van der Waals surface area (Å²) >= 11 is 0. The van der Waals surface area contributed by atoms with Gasteiger partial charge in [-0.2, -0.15) is 0 Å². The largest absolute Gasteiger partial charge is 0.453 e. The fourth-order valence-corrected chi connectivity index (χ4v) is 3.28. The zero-order valence-corrected chi connectivity index (χ0v) is 16.8. The lowest BCUT2D eigenvalue weighted by atomic mass is 10.2. The quantitative estimate of drug-likeness (QED) is 0.751. The highest BCUT2D eigenvalue weighted by atomic mass is 16.5. The minimum absolute atomic E-state index is 0.0262. The molecule has 0 radical (unpaired) electrons. The summed E-state index contributed by atoms with van der Waals surface area (Å²) in [5.41, 5.74) is 2.95. The van der Waals surface area contributed by atoms with Gasteiger partial charge in [0, 0.05) is 45.0 Å². The first kappa shape index (κ1) is 20.8. The van der Waals surface area contributed by atoms with E-state index in [1.54, 1.807) is 12.1 Å². The maximum absolute atomic E-state index is 12.3. The number of anilines is 1. The molecular weight excluding hydrogens is 368 g/mol. The number of hydrogen-bond acceptors (Lipinski definition) is 5. The molecule has 2 amide bonds. The monoisotopic (exact) mass is 396 g/mol. The Morgan fingerprint density at radius 3 is 2.21 bits per heavy atom. The van der Waals surface area contributed by atoms with Crippen molar-refractivity contribution in [2.75, 3.05) is 45.2 Å². The zero-order chi connectivity index (χ0) is 20.5.